The summed E-state index contributed by atoms with van der Waals surface area (Å²) < 4.78 is 6.36. The zero-order valence-electron chi connectivity index (χ0n) is 39.9. The van der Waals surface area contributed by atoms with Crippen LogP contribution >= 0.6 is 0 Å². The Bertz CT molecular complexity index is 3550. The Hall–Kier alpha value is -8.46. The smallest absolute Gasteiger partial charge is 0.119 e. The van der Waals surface area contributed by atoms with Crippen molar-refractivity contribution >= 4 is 23.1 Å². The number of fused-ring (bicyclic) bond motifs is 6. The Morgan fingerprint density at radius 2 is 0.929 bits per heavy atom. The molecule has 0 fully saturated rings. The molecular weight excluding hydrogens is 847 g/mol. The van der Waals surface area contributed by atoms with Crippen LogP contribution in [-0.4, -0.2) is 0 Å². The molecule has 2 aliphatic rings. The van der Waals surface area contributed by atoms with Crippen molar-refractivity contribution < 1.29 is 4.74 Å². The SMILES string of the molecule is C=Cc1ccc(COc2ccc(C3(c4ccccc4)c4ccccc4-c4ccc(-c5ccc(N(c6ccc(-c7ccc(C)cc7)cc6)c6ccc7c(c6)C(C)(C)c6ccccc6-7)cc5)cc43)cc2)cc1. The molecule has 0 heterocycles. The Kier molecular flexibility index (Phi) is 10.6. The van der Waals surface area contributed by atoms with E-state index in [1.54, 1.807) is 0 Å². The third-order valence-corrected chi connectivity index (χ3v) is 15.0. The van der Waals surface area contributed by atoms with Gasteiger partial charge in [-0.15, -0.1) is 0 Å². The van der Waals surface area contributed by atoms with Gasteiger partial charge in [0.2, 0.25) is 0 Å². The summed E-state index contributed by atoms with van der Waals surface area (Å²) in [6.45, 7) is 11.2. The summed E-state index contributed by atoms with van der Waals surface area (Å²) in [5.41, 5.74) is 23.8. The second kappa shape index (κ2) is 17.3. The first-order valence-electron chi connectivity index (χ1n) is 24.4. The fraction of sp³-hybridized carbons (Fsp3) is 0.0882. The van der Waals surface area contributed by atoms with Crippen LogP contribution < -0.4 is 9.64 Å². The molecule has 0 bridgehead atoms. The van der Waals surface area contributed by atoms with Gasteiger partial charge < -0.3 is 9.64 Å². The molecular formula is C68H53NO. The van der Waals surface area contributed by atoms with Crippen molar-refractivity contribution in [2.24, 2.45) is 0 Å². The van der Waals surface area contributed by atoms with E-state index in [4.69, 9.17) is 4.74 Å². The van der Waals surface area contributed by atoms with E-state index in [1.165, 1.54) is 77.9 Å². The molecule has 70 heavy (non-hydrogen) atoms. The molecule has 0 radical (unpaired) electrons. The van der Waals surface area contributed by atoms with Crippen molar-refractivity contribution in [3.05, 3.63) is 293 Å². The average molecular weight is 900 g/mol. The third-order valence-electron chi connectivity index (χ3n) is 15.0. The summed E-state index contributed by atoms with van der Waals surface area (Å²) in [7, 11) is 0. The van der Waals surface area contributed by atoms with Crippen molar-refractivity contribution in [3.8, 4) is 50.3 Å². The van der Waals surface area contributed by atoms with E-state index in [1.807, 2.05) is 6.08 Å². The lowest BCUT2D eigenvalue weighted by Gasteiger charge is -2.34. The second-order valence-electron chi connectivity index (χ2n) is 19.4. The number of ether oxygens (including phenoxy) is 1. The summed E-state index contributed by atoms with van der Waals surface area (Å²) >= 11 is 0. The van der Waals surface area contributed by atoms with Crippen molar-refractivity contribution in [2.75, 3.05) is 4.90 Å². The summed E-state index contributed by atoms with van der Waals surface area (Å²) in [6.07, 6.45) is 1.86. The molecule has 1 unspecified atom stereocenters. The predicted molar refractivity (Wildman–Crippen MR) is 292 cm³/mol. The molecule has 0 amide bonds. The zero-order chi connectivity index (χ0) is 47.4. The number of rotatable bonds is 11. The Labute approximate surface area is 412 Å². The van der Waals surface area contributed by atoms with Crippen molar-refractivity contribution in [1.82, 2.24) is 0 Å². The maximum Gasteiger partial charge on any atom is 0.119 e. The van der Waals surface area contributed by atoms with E-state index in [9.17, 15) is 0 Å². The fourth-order valence-corrected chi connectivity index (χ4v) is 11.3. The molecule has 0 N–H and O–H groups in total. The zero-order valence-corrected chi connectivity index (χ0v) is 39.9. The first-order chi connectivity index (χ1) is 34.3. The van der Waals surface area contributed by atoms with E-state index in [0.29, 0.717) is 6.61 Å². The fourth-order valence-electron chi connectivity index (χ4n) is 11.3. The van der Waals surface area contributed by atoms with Gasteiger partial charge in [0.05, 0.1) is 5.41 Å². The van der Waals surface area contributed by atoms with Crippen LogP contribution in [0.2, 0.25) is 0 Å². The molecule has 2 nitrogen and oxygen atoms in total. The van der Waals surface area contributed by atoms with Gasteiger partial charge in [-0.1, -0.05) is 214 Å². The van der Waals surface area contributed by atoms with Crippen LogP contribution in [-0.2, 0) is 17.4 Å². The Morgan fingerprint density at radius 1 is 0.429 bits per heavy atom. The molecule has 2 aliphatic carbocycles. The molecule has 12 rings (SSSR count). The number of benzene rings is 10. The lowest BCUT2D eigenvalue weighted by atomic mass is 9.67. The van der Waals surface area contributed by atoms with Gasteiger partial charge in [-0.3, -0.25) is 0 Å². The number of anilines is 3. The molecule has 0 aromatic heterocycles. The molecule has 336 valence electrons. The van der Waals surface area contributed by atoms with Crippen LogP contribution in [0.4, 0.5) is 17.1 Å². The highest BCUT2D eigenvalue weighted by Crippen LogP contribution is 2.57. The van der Waals surface area contributed by atoms with E-state index in [0.717, 1.165) is 39.5 Å². The highest BCUT2D eigenvalue weighted by atomic mass is 16.5. The van der Waals surface area contributed by atoms with E-state index < -0.39 is 5.41 Å². The minimum Gasteiger partial charge on any atom is -0.489 e. The number of nitrogens with zero attached hydrogens (tertiary/aromatic N) is 1. The molecule has 0 spiro atoms. The molecule has 2 heteroatoms. The summed E-state index contributed by atoms with van der Waals surface area (Å²) in [5, 5.41) is 0. The standard InChI is InChI=1S/C68H53NO/c1-5-47-21-23-48(24-22-47)45-70-58-39-32-54(33-40-58)68(53-13-7-6-8-14-53)64-18-12-10-16-60(64)62-41-31-52(43-66(62)68)51-29-36-56(37-30-51)69(55-34-27-50(28-35-55)49-25-19-46(2)20-26-49)57-38-42-61-59-15-9-11-17-63(59)67(3,4)65(61)44-57/h5-44H,1,45H2,2-4H3. The normalized spacial score (nSPS) is 14.8. The van der Waals surface area contributed by atoms with Crippen LogP contribution in [0, 0.1) is 6.92 Å². The van der Waals surface area contributed by atoms with Crippen LogP contribution in [0.3, 0.4) is 0 Å². The molecule has 0 aliphatic heterocycles. The van der Waals surface area contributed by atoms with Gasteiger partial charge in [0.1, 0.15) is 12.4 Å². The number of aryl methyl sites for hydroxylation is 1. The van der Waals surface area contributed by atoms with Crippen molar-refractivity contribution in [1.29, 1.82) is 0 Å². The summed E-state index contributed by atoms with van der Waals surface area (Å²) in [4.78, 5) is 2.41. The van der Waals surface area contributed by atoms with Gasteiger partial charge in [0.15, 0.2) is 0 Å². The van der Waals surface area contributed by atoms with Gasteiger partial charge in [0, 0.05) is 22.5 Å². The van der Waals surface area contributed by atoms with Gasteiger partial charge in [0.25, 0.3) is 0 Å². The van der Waals surface area contributed by atoms with Crippen LogP contribution in [0.15, 0.2) is 243 Å². The molecule has 0 saturated heterocycles. The van der Waals surface area contributed by atoms with Crippen LogP contribution in [0.5, 0.6) is 5.75 Å². The maximum absolute atomic E-state index is 6.36. The van der Waals surface area contributed by atoms with Crippen LogP contribution in [0.25, 0.3) is 50.6 Å². The van der Waals surface area contributed by atoms with E-state index >= 15 is 0 Å². The van der Waals surface area contributed by atoms with Crippen molar-refractivity contribution in [2.45, 2.75) is 38.2 Å². The Balaban J connectivity index is 0.934. The first kappa shape index (κ1) is 42.9. The average Bonchev–Trinajstić information content (AvgIpc) is 3.84. The minimum absolute atomic E-state index is 0.121. The van der Waals surface area contributed by atoms with E-state index in [2.05, 4.69) is 269 Å². The number of hydrogen-bond acceptors (Lipinski definition) is 2. The molecule has 10 aromatic carbocycles. The first-order valence-corrected chi connectivity index (χ1v) is 24.4. The predicted octanol–water partition coefficient (Wildman–Crippen LogP) is 17.7. The summed E-state index contributed by atoms with van der Waals surface area (Å²) in [6, 6.07) is 87.0. The van der Waals surface area contributed by atoms with Crippen molar-refractivity contribution in [3.63, 3.8) is 0 Å². The Morgan fingerprint density at radius 3 is 1.59 bits per heavy atom. The van der Waals surface area contributed by atoms with Gasteiger partial charge >= 0.3 is 0 Å². The quantitative estimate of drug-likeness (QED) is 0.128. The van der Waals surface area contributed by atoms with Gasteiger partial charge in [-0.05, 0) is 151 Å². The highest BCUT2D eigenvalue weighted by molar-refractivity contribution is 5.90. The second-order valence-corrected chi connectivity index (χ2v) is 19.4. The maximum atomic E-state index is 6.36. The molecule has 1 atom stereocenters. The monoisotopic (exact) mass is 899 g/mol. The number of hydrogen-bond donors (Lipinski definition) is 0. The lowest BCUT2D eigenvalue weighted by molar-refractivity contribution is 0.306. The minimum atomic E-state index is -0.551. The lowest BCUT2D eigenvalue weighted by Crippen LogP contribution is -2.28. The summed E-state index contributed by atoms with van der Waals surface area (Å²) in [5.74, 6) is 0.838. The molecule has 10 aromatic rings. The van der Waals surface area contributed by atoms with E-state index in [-0.39, 0.29) is 5.41 Å². The van der Waals surface area contributed by atoms with Gasteiger partial charge in [-0.2, -0.15) is 0 Å². The van der Waals surface area contributed by atoms with Crippen LogP contribution in [0.1, 0.15) is 63.9 Å². The third kappa shape index (κ3) is 7.18. The topological polar surface area (TPSA) is 12.5 Å². The molecule has 0 saturated carbocycles. The van der Waals surface area contributed by atoms with Gasteiger partial charge in [-0.25, -0.2) is 0 Å². The highest BCUT2D eigenvalue weighted by Gasteiger charge is 2.46. The largest absolute Gasteiger partial charge is 0.489 e.